The van der Waals surface area contributed by atoms with Crippen molar-refractivity contribution in [3.63, 3.8) is 0 Å². The van der Waals surface area contributed by atoms with Gasteiger partial charge in [0.1, 0.15) is 6.04 Å². The number of benzene rings is 1. The minimum absolute atomic E-state index is 0.104. The predicted molar refractivity (Wildman–Crippen MR) is 56.8 cm³/mol. The van der Waals surface area contributed by atoms with E-state index in [1.807, 2.05) is 19.0 Å². The Morgan fingerprint density at radius 2 is 1.94 bits per heavy atom. The lowest BCUT2D eigenvalue weighted by Crippen LogP contribution is -2.28. The third kappa shape index (κ3) is 3.50. The van der Waals surface area contributed by atoms with Crippen molar-refractivity contribution in [2.45, 2.75) is 18.8 Å². The van der Waals surface area contributed by atoms with Crippen LogP contribution in [0.15, 0.2) is 24.3 Å². The Morgan fingerprint density at radius 3 is 2.44 bits per heavy atom. The third-order valence-corrected chi connectivity index (χ3v) is 2.16. The van der Waals surface area contributed by atoms with E-state index in [9.17, 15) is 13.2 Å². The summed E-state index contributed by atoms with van der Waals surface area (Å²) < 4.78 is 37.2. The van der Waals surface area contributed by atoms with Gasteiger partial charge in [-0.15, -0.1) is 0 Å². The molecule has 1 aromatic carbocycles. The average Bonchev–Trinajstić information content (AvgIpc) is 2.14. The monoisotopic (exact) mass is 232 g/mol. The Kier molecular flexibility index (Phi) is 3.93. The molecule has 16 heavy (non-hydrogen) atoms. The van der Waals surface area contributed by atoms with Gasteiger partial charge in [-0.1, -0.05) is 24.3 Å². The molecule has 90 valence electrons. The smallest absolute Gasteiger partial charge is 0.316 e. The fourth-order valence-corrected chi connectivity index (χ4v) is 1.44. The summed E-state index contributed by atoms with van der Waals surface area (Å²) in [7, 11) is 3.72. The fourth-order valence-electron chi connectivity index (χ4n) is 1.44. The molecule has 0 fully saturated rings. The Labute approximate surface area is 92.9 Å². The largest absolute Gasteiger partial charge is 0.407 e. The molecule has 0 amide bonds. The first kappa shape index (κ1) is 13.0. The number of halogens is 3. The summed E-state index contributed by atoms with van der Waals surface area (Å²) in [6, 6.07) is 4.37. The molecule has 0 aromatic heterocycles. The van der Waals surface area contributed by atoms with Gasteiger partial charge in [0.05, 0.1) is 0 Å². The van der Waals surface area contributed by atoms with Crippen LogP contribution in [-0.2, 0) is 6.54 Å². The SMILES string of the molecule is CN(C)Cc1cccc(C(N)C(F)(F)F)c1. The average molecular weight is 232 g/mol. The van der Waals surface area contributed by atoms with E-state index in [0.717, 1.165) is 5.56 Å². The minimum atomic E-state index is -4.39. The molecule has 0 spiro atoms. The van der Waals surface area contributed by atoms with E-state index in [4.69, 9.17) is 5.73 Å². The van der Waals surface area contributed by atoms with Gasteiger partial charge >= 0.3 is 6.18 Å². The van der Waals surface area contributed by atoms with E-state index in [1.54, 1.807) is 12.1 Å². The van der Waals surface area contributed by atoms with Crippen LogP contribution in [-0.4, -0.2) is 25.2 Å². The van der Waals surface area contributed by atoms with E-state index in [1.165, 1.54) is 12.1 Å². The van der Waals surface area contributed by atoms with Crippen LogP contribution in [0, 0.1) is 0 Å². The topological polar surface area (TPSA) is 29.3 Å². The Bertz CT molecular complexity index is 347. The molecular weight excluding hydrogens is 217 g/mol. The van der Waals surface area contributed by atoms with Crippen molar-refractivity contribution < 1.29 is 13.2 Å². The van der Waals surface area contributed by atoms with Crippen LogP contribution in [0.25, 0.3) is 0 Å². The molecule has 0 saturated heterocycles. The van der Waals surface area contributed by atoms with Crippen molar-refractivity contribution >= 4 is 0 Å². The first-order chi connectivity index (χ1) is 7.30. The number of hydrogen-bond donors (Lipinski definition) is 1. The normalized spacial score (nSPS) is 14.2. The molecule has 5 heteroatoms. The first-order valence-corrected chi connectivity index (χ1v) is 4.86. The lowest BCUT2D eigenvalue weighted by Gasteiger charge is -2.17. The van der Waals surface area contributed by atoms with E-state index in [0.29, 0.717) is 6.54 Å². The molecule has 2 nitrogen and oxygen atoms in total. The summed E-state index contributed by atoms with van der Waals surface area (Å²) in [6.45, 7) is 0.596. The molecule has 0 radical (unpaired) electrons. The summed E-state index contributed by atoms with van der Waals surface area (Å²) >= 11 is 0. The van der Waals surface area contributed by atoms with E-state index >= 15 is 0 Å². The van der Waals surface area contributed by atoms with Crippen molar-refractivity contribution in [2.75, 3.05) is 14.1 Å². The second-order valence-electron chi connectivity index (χ2n) is 4.00. The highest BCUT2D eigenvalue weighted by atomic mass is 19.4. The predicted octanol–water partition coefficient (Wildman–Crippen LogP) is 2.31. The molecule has 1 unspecified atom stereocenters. The van der Waals surface area contributed by atoms with Crippen LogP contribution in [0.3, 0.4) is 0 Å². The fraction of sp³-hybridized carbons (Fsp3) is 0.455. The van der Waals surface area contributed by atoms with E-state index in [2.05, 4.69) is 0 Å². The maximum atomic E-state index is 12.4. The Hall–Kier alpha value is -1.07. The maximum Gasteiger partial charge on any atom is 0.407 e. The molecule has 0 aliphatic heterocycles. The minimum Gasteiger partial charge on any atom is -0.316 e. The summed E-state index contributed by atoms with van der Waals surface area (Å²) in [4.78, 5) is 1.89. The second kappa shape index (κ2) is 4.84. The first-order valence-electron chi connectivity index (χ1n) is 4.86. The third-order valence-electron chi connectivity index (χ3n) is 2.16. The lowest BCUT2D eigenvalue weighted by atomic mass is 10.0. The summed E-state index contributed by atoms with van der Waals surface area (Å²) in [6.07, 6.45) is -4.39. The summed E-state index contributed by atoms with van der Waals surface area (Å²) in [5.41, 5.74) is 6.06. The van der Waals surface area contributed by atoms with E-state index in [-0.39, 0.29) is 5.56 Å². The zero-order chi connectivity index (χ0) is 12.3. The molecule has 2 N–H and O–H groups in total. The van der Waals surface area contributed by atoms with Crippen LogP contribution in [0.5, 0.6) is 0 Å². The van der Waals surface area contributed by atoms with Crippen LogP contribution in [0.4, 0.5) is 13.2 Å². The van der Waals surface area contributed by atoms with Crippen LogP contribution in [0.1, 0.15) is 17.2 Å². The van der Waals surface area contributed by atoms with Gasteiger partial charge in [0.2, 0.25) is 0 Å². The second-order valence-corrected chi connectivity index (χ2v) is 4.00. The maximum absolute atomic E-state index is 12.4. The van der Waals surface area contributed by atoms with Crippen molar-refractivity contribution in [3.8, 4) is 0 Å². The van der Waals surface area contributed by atoms with Crippen LogP contribution < -0.4 is 5.73 Å². The molecule has 1 atom stereocenters. The quantitative estimate of drug-likeness (QED) is 0.866. The molecule has 0 aliphatic rings. The van der Waals surface area contributed by atoms with Gasteiger partial charge in [0, 0.05) is 6.54 Å². The van der Waals surface area contributed by atoms with Crippen molar-refractivity contribution in [1.82, 2.24) is 4.90 Å². The number of nitrogens with zero attached hydrogens (tertiary/aromatic N) is 1. The van der Waals surface area contributed by atoms with Crippen molar-refractivity contribution in [1.29, 1.82) is 0 Å². The summed E-state index contributed by atoms with van der Waals surface area (Å²) in [5.74, 6) is 0. The molecule has 1 rings (SSSR count). The zero-order valence-corrected chi connectivity index (χ0v) is 9.25. The van der Waals surface area contributed by atoms with Gasteiger partial charge in [-0.25, -0.2) is 0 Å². The highest BCUT2D eigenvalue weighted by molar-refractivity contribution is 5.26. The van der Waals surface area contributed by atoms with Gasteiger partial charge in [-0.2, -0.15) is 13.2 Å². The molecule has 0 bridgehead atoms. The molecule has 0 aliphatic carbocycles. The molecule has 0 saturated carbocycles. The molecular formula is C11H15F3N2. The van der Waals surface area contributed by atoms with Gasteiger partial charge in [-0.05, 0) is 25.2 Å². The van der Waals surface area contributed by atoms with Gasteiger partial charge in [-0.3, -0.25) is 0 Å². The van der Waals surface area contributed by atoms with Crippen LogP contribution in [0.2, 0.25) is 0 Å². The Morgan fingerprint density at radius 1 is 1.31 bits per heavy atom. The van der Waals surface area contributed by atoms with Crippen molar-refractivity contribution in [3.05, 3.63) is 35.4 Å². The Balaban J connectivity index is 2.90. The van der Waals surface area contributed by atoms with Gasteiger partial charge in [0.25, 0.3) is 0 Å². The number of nitrogens with two attached hydrogens (primary N) is 1. The highest BCUT2D eigenvalue weighted by Crippen LogP contribution is 2.30. The lowest BCUT2D eigenvalue weighted by molar-refractivity contribution is -0.149. The molecule has 0 heterocycles. The van der Waals surface area contributed by atoms with Gasteiger partial charge in [0.15, 0.2) is 0 Å². The van der Waals surface area contributed by atoms with Gasteiger partial charge < -0.3 is 10.6 Å². The van der Waals surface area contributed by atoms with E-state index < -0.39 is 12.2 Å². The highest BCUT2D eigenvalue weighted by Gasteiger charge is 2.37. The zero-order valence-electron chi connectivity index (χ0n) is 9.25. The molecule has 1 aromatic rings. The standard InChI is InChI=1S/C11H15F3N2/c1-16(2)7-8-4-3-5-9(6-8)10(15)11(12,13)14/h3-6,10H,7,15H2,1-2H3. The number of rotatable bonds is 3. The van der Waals surface area contributed by atoms with Crippen LogP contribution >= 0.6 is 0 Å². The number of hydrogen-bond acceptors (Lipinski definition) is 2. The summed E-state index contributed by atoms with van der Waals surface area (Å²) in [5, 5.41) is 0. The van der Waals surface area contributed by atoms with Crippen molar-refractivity contribution in [2.24, 2.45) is 5.73 Å². The number of alkyl halides is 3.